The maximum Gasteiger partial charge on any atom is 0.152 e. The third kappa shape index (κ3) is 2.71. The summed E-state index contributed by atoms with van der Waals surface area (Å²) in [4.78, 5) is 16.1. The first-order valence-corrected chi connectivity index (χ1v) is 6.24. The van der Waals surface area contributed by atoms with Crippen molar-refractivity contribution in [2.75, 3.05) is 0 Å². The van der Waals surface area contributed by atoms with Gasteiger partial charge >= 0.3 is 0 Å². The maximum absolute atomic E-state index is 10.8. The van der Waals surface area contributed by atoms with Crippen LogP contribution in [0.3, 0.4) is 0 Å². The normalized spacial score (nSPS) is 10.1. The van der Waals surface area contributed by atoms with Gasteiger partial charge in [-0.3, -0.25) is 4.79 Å². The van der Waals surface area contributed by atoms with Crippen molar-refractivity contribution in [3.05, 3.63) is 52.6 Å². The molecule has 0 aliphatic carbocycles. The van der Waals surface area contributed by atoms with Crippen LogP contribution in [0.4, 0.5) is 0 Å². The van der Waals surface area contributed by atoms with Gasteiger partial charge < -0.3 is 0 Å². The van der Waals surface area contributed by atoms with Gasteiger partial charge in [0, 0.05) is 21.1 Å². The van der Waals surface area contributed by atoms with Crippen LogP contribution in [0, 0.1) is 0 Å². The number of aldehydes is 1. The molecule has 0 saturated carbocycles. The Morgan fingerprint density at radius 3 is 2.62 bits per heavy atom. The Hall–Kier alpha value is -1.13. The number of nitrogens with zero attached hydrogens (tertiary/aromatic N) is 1. The summed E-state index contributed by atoms with van der Waals surface area (Å²) in [5.41, 5.74) is 0.621. The third-order valence-electron chi connectivity index (χ3n) is 1.96. The zero-order valence-corrected chi connectivity index (χ0v) is 10.7. The van der Waals surface area contributed by atoms with Gasteiger partial charge in [-0.25, -0.2) is 4.98 Å². The minimum atomic E-state index is 0.621. The van der Waals surface area contributed by atoms with E-state index in [-0.39, 0.29) is 0 Å². The summed E-state index contributed by atoms with van der Waals surface area (Å²) in [6.45, 7) is 0. The van der Waals surface area contributed by atoms with E-state index in [0.717, 1.165) is 20.7 Å². The largest absolute Gasteiger partial charge is 0.298 e. The molecule has 2 aromatic rings. The van der Waals surface area contributed by atoms with Crippen LogP contribution in [-0.2, 0) is 0 Å². The average Bonchev–Trinajstić information content (AvgIpc) is 2.33. The van der Waals surface area contributed by atoms with Gasteiger partial charge in [-0.2, -0.15) is 0 Å². The lowest BCUT2D eigenvalue weighted by molar-refractivity contribution is 0.112. The first-order valence-electron chi connectivity index (χ1n) is 4.63. The second-order valence-corrected chi connectivity index (χ2v) is 5.05. The van der Waals surface area contributed by atoms with Gasteiger partial charge in [0.05, 0.1) is 0 Å². The average molecular weight is 294 g/mol. The van der Waals surface area contributed by atoms with Gasteiger partial charge in [-0.15, -0.1) is 0 Å². The van der Waals surface area contributed by atoms with Crippen molar-refractivity contribution in [1.82, 2.24) is 4.98 Å². The predicted octanol–water partition coefficient (Wildman–Crippen LogP) is 3.81. The standard InChI is InChI=1S/C12H8BrNOS/c13-10-3-5-11(6-4-10)16-12-9(8-15)2-1-7-14-12/h1-8H. The molecule has 1 heterocycles. The molecule has 0 aliphatic rings. The van der Waals surface area contributed by atoms with Crippen LogP contribution in [0.2, 0.25) is 0 Å². The number of hydrogen-bond acceptors (Lipinski definition) is 3. The van der Waals surface area contributed by atoms with E-state index in [1.165, 1.54) is 11.8 Å². The molecule has 0 radical (unpaired) electrons. The molecule has 0 saturated heterocycles. The Labute approximate surface area is 106 Å². The van der Waals surface area contributed by atoms with Crippen molar-refractivity contribution in [2.45, 2.75) is 9.92 Å². The van der Waals surface area contributed by atoms with E-state index in [0.29, 0.717) is 5.56 Å². The second kappa shape index (κ2) is 5.27. The Balaban J connectivity index is 2.26. The number of pyridine rings is 1. The van der Waals surface area contributed by atoms with Gasteiger partial charge in [0.25, 0.3) is 0 Å². The molecule has 2 rings (SSSR count). The Morgan fingerprint density at radius 2 is 1.94 bits per heavy atom. The monoisotopic (exact) mass is 293 g/mol. The van der Waals surface area contributed by atoms with E-state index in [9.17, 15) is 4.79 Å². The Kier molecular flexibility index (Phi) is 3.74. The van der Waals surface area contributed by atoms with Crippen LogP contribution in [0.25, 0.3) is 0 Å². The molecular weight excluding hydrogens is 286 g/mol. The van der Waals surface area contributed by atoms with Gasteiger partial charge in [0.1, 0.15) is 5.03 Å². The molecule has 4 heteroatoms. The number of aromatic nitrogens is 1. The summed E-state index contributed by atoms with van der Waals surface area (Å²) in [7, 11) is 0. The molecule has 16 heavy (non-hydrogen) atoms. The molecule has 1 aromatic heterocycles. The lowest BCUT2D eigenvalue weighted by atomic mass is 10.3. The predicted molar refractivity (Wildman–Crippen MR) is 67.9 cm³/mol. The number of carbonyl (C=O) groups is 1. The zero-order valence-electron chi connectivity index (χ0n) is 8.26. The summed E-state index contributed by atoms with van der Waals surface area (Å²) >= 11 is 4.86. The number of halogens is 1. The van der Waals surface area contributed by atoms with E-state index in [4.69, 9.17) is 0 Å². The third-order valence-corrected chi connectivity index (χ3v) is 3.53. The number of hydrogen-bond donors (Lipinski definition) is 0. The summed E-state index contributed by atoms with van der Waals surface area (Å²) < 4.78 is 1.04. The molecular formula is C12H8BrNOS. The van der Waals surface area contributed by atoms with Crippen LogP contribution in [0.15, 0.2) is 57.0 Å². The fourth-order valence-corrected chi connectivity index (χ4v) is 2.30. The van der Waals surface area contributed by atoms with Crippen molar-refractivity contribution in [2.24, 2.45) is 0 Å². The van der Waals surface area contributed by atoms with Crippen molar-refractivity contribution in [1.29, 1.82) is 0 Å². The van der Waals surface area contributed by atoms with Crippen molar-refractivity contribution in [3.63, 3.8) is 0 Å². The molecule has 0 amide bonds. The van der Waals surface area contributed by atoms with E-state index in [1.54, 1.807) is 18.3 Å². The maximum atomic E-state index is 10.8. The highest BCUT2D eigenvalue weighted by atomic mass is 79.9. The summed E-state index contributed by atoms with van der Waals surface area (Å²) in [6, 6.07) is 11.4. The van der Waals surface area contributed by atoms with Gasteiger partial charge in [0.15, 0.2) is 6.29 Å². The van der Waals surface area contributed by atoms with Crippen molar-refractivity contribution >= 4 is 34.0 Å². The fraction of sp³-hybridized carbons (Fsp3) is 0. The lowest BCUT2D eigenvalue weighted by Crippen LogP contribution is -1.87. The first kappa shape index (κ1) is 11.4. The van der Waals surface area contributed by atoms with Crippen molar-refractivity contribution in [3.8, 4) is 0 Å². The molecule has 0 bridgehead atoms. The van der Waals surface area contributed by atoms with E-state index >= 15 is 0 Å². The fourth-order valence-electron chi connectivity index (χ4n) is 1.19. The molecule has 0 fully saturated rings. The summed E-state index contributed by atoms with van der Waals surface area (Å²) in [5.74, 6) is 0. The van der Waals surface area contributed by atoms with Crippen LogP contribution in [0.1, 0.15) is 10.4 Å². The van der Waals surface area contributed by atoms with Crippen LogP contribution in [-0.4, -0.2) is 11.3 Å². The first-order chi connectivity index (χ1) is 7.79. The molecule has 0 aliphatic heterocycles. The second-order valence-electron chi connectivity index (χ2n) is 3.07. The number of rotatable bonds is 3. The highest BCUT2D eigenvalue weighted by molar-refractivity contribution is 9.10. The Morgan fingerprint density at radius 1 is 1.19 bits per heavy atom. The minimum Gasteiger partial charge on any atom is -0.298 e. The van der Waals surface area contributed by atoms with Crippen LogP contribution >= 0.6 is 27.7 Å². The summed E-state index contributed by atoms with van der Waals surface area (Å²) in [6.07, 6.45) is 2.52. The molecule has 0 N–H and O–H groups in total. The van der Waals surface area contributed by atoms with Crippen molar-refractivity contribution < 1.29 is 4.79 Å². The highest BCUT2D eigenvalue weighted by Gasteiger charge is 2.04. The minimum absolute atomic E-state index is 0.621. The molecule has 80 valence electrons. The van der Waals surface area contributed by atoms with Gasteiger partial charge in [-0.1, -0.05) is 27.7 Å². The number of benzene rings is 1. The van der Waals surface area contributed by atoms with Crippen LogP contribution < -0.4 is 0 Å². The van der Waals surface area contributed by atoms with E-state index < -0.39 is 0 Å². The molecule has 2 nitrogen and oxygen atoms in total. The SMILES string of the molecule is O=Cc1cccnc1Sc1ccc(Br)cc1. The molecule has 0 spiro atoms. The highest BCUT2D eigenvalue weighted by Crippen LogP contribution is 2.28. The van der Waals surface area contributed by atoms with E-state index in [2.05, 4.69) is 20.9 Å². The molecule has 0 unspecified atom stereocenters. The quantitative estimate of drug-likeness (QED) is 0.806. The Bertz CT molecular complexity index is 499. The molecule has 0 atom stereocenters. The van der Waals surface area contributed by atoms with Crippen LogP contribution in [0.5, 0.6) is 0 Å². The molecule has 1 aromatic carbocycles. The lowest BCUT2D eigenvalue weighted by Gasteiger charge is -2.02. The topological polar surface area (TPSA) is 30.0 Å². The van der Waals surface area contributed by atoms with Gasteiger partial charge in [0.2, 0.25) is 0 Å². The number of carbonyl (C=O) groups excluding carboxylic acids is 1. The summed E-state index contributed by atoms with van der Waals surface area (Å²) in [5, 5.41) is 0.736. The smallest absolute Gasteiger partial charge is 0.152 e. The van der Waals surface area contributed by atoms with Gasteiger partial charge in [-0.05, 0) is 36.4 Å². The van der Waals surface area contributed by atoms with E-state index in [1.807, 2.05) is 24.3 Å². The zero-order chi connectivity index (χ0) is 11.4.